The zero-order valence-corrected chi connectivity index (χ0v) is 17.5. The van der Waals surface area contributed by atoms with Crippen LogP contribution in [0.15, 0.2) is 60.0 Å². The normalized spacial score (nSPS) is 12.1. The van der Waals surface area contributed by atoms with Crippen molar-refractivity contribution < 1.29 is 22.7 Å². The molecule has 2 aromatic carbocycles. The number of ether oxygens (including phenoxy) is 1. The Morgan fingerprint density at radius 3 is 2.48 bits per heavy atom. The number of anilines is 1. The molecule has 7 nitrogen and oxygen atoms in total. The van der Waals surface area contributed by atoms with E-state index < -0.39 is 28.0 Å². The van der Waals surface area contributed by atoms with Gasteiger partial charge >= 0.3 is 5.97 Å². The van der Waals surface area contributed by atoms with Crippen LogP contribution in [0.5, 0.6) is 0 Å². The summed E-state index contributed by atoms with van der Waals surface area (Å²) in [5.41, 5.74) is 1.45. The predicted octanol–water partition coefficient (Wildman–Crippen LogP) is 3.30. The van der Waals surface area contributed by atoms with Crippen LogP contribution in [0.3, 0.4) is 0 Å². The molecule has 0 fully saturated rings. The van der Waals surface area contributed by atoms with Crippen molar-refractivity contribution in [2.24, 2.45) is 0 Å². The van der Waals surface area contributed by atoms with Gasteiger partial charge in [0.15, 0.2) is 6.10 Å². The minimum atomic E-state index is -3.69. The highest BCUT2D eigenvalue weighted by atomic mass is 35.5. The van der Waals surface area contributed by atoms with E-state index in [0.29, 0.717) is 10.7 Å². The zero-order valence-electron chi connectivity index (χ0n) is 15.9. The van der Waals surface area contributed by atoms with Crippen molar-refractivity contribution in [1.29, 1.82) is 0 Å². The van der Waals surface area contributed by atoms with E-state index in [-0.39, 0.29) is 17.0 Å². The molecule has 0 aliphatic carbocycles. The van der Waals surface area contributed by atoms with Gasteiger partial charge in [0.2, 0.25) is 10.0 Å². The molecule has 1 amide bonds. The number of aryl methyl sites for hydroxylation is 1. The maximum atomic E-state index is 12.3. The van der Waals surface area contributed by atoms with Gasteiger partial charge in [-0.3, -0.25) is 4.79 Å². The second-order valence-corrected chi connectivity index (χ2v) is 8.36. The minimum Gasteiger partial charge on any atom is -0.449 e. The van der Waals surface area contributed by atoms with Gasteiger partial charge < -0.3 is 10.1 Å². The van der Waals surface area contributed by atoms with Crippen molar-refractivity contribution in [3.05, 3.63) is 71.3 Å². The second-order valence-electron chi connectivity index (χ2n) is 6.16. The van der Waals surface area contributed by atoms with E-state index in [0.717, 1.165) is 5.56 Å². The summed E-state index contributed by atoms with van der Waals surface area (Å²) in [6.45, 7) is 6.78. The largest absolute Gasteiger partial charge is 0.449 e. The van der Waals surface area contributed by atoms with Crippen molar-refractivity contribution >= 4 is 39.2 Å². The molecule has 154 valence electrons. The van der Waals surface area contributed by atoms with E-state index in [1.54, 1.807) is 18.2 Å². The zero-order chi connectivity index (χ0) is 21.6. The first-order valence-electron chi connectivity index (χ1n) is 8.62. The lowest BCUT2D eigenvalue weighted by Crippen LogP contribution is -2.30. The quantitative estimate of drug-likeness (QED) is 0.488. The van der Waals surface area contributed by atoms with Crippen LogP contribution in [-0.4, -0.2) is 32.9 Å². The standard InChI is InChI=1S/C20H21ClN2O5S/c1-4-11-22-29(26,27)17-9-6-15(7-10-17)20(25)28-14(3)19(24)23-18-12-16(21)8-5-13(18)2/h4-10,12,14,22H,1,11H2,2-3H3,(H,23,24). The Labute approximate surface area is 174 Å². The minimum absolute atomic E-state index is 0.00174. The average Bonchev–Trinajstić information content (AvgIpc) is 2.69. The summed E-state index contributed by atoms with van der Waals surface area (Å²) in [4.78, 5) is 24.6. The summed E-state index contributed by atoms with van der Waals surface area (Å²) in [5.74, 6) is -1.27. The molecule has 1 unspecified atom stereocenters. The number of hydrogen-bond donors (Lipinski definition) is 2. The van der Waals surface area contributed by atoms with Gasteiger partial charge in [0, 0.05) is 17.3 Å². The third-order valence-corrected chi connectivity index (χ3v) is 5.60. The van der Waals surface area contributed by atoms with E-state index in [1.807, 2.05) is 6.92 Å². The monoisotopic (exact) mass is 436 g/mol. The average molecular weight is 437 g/mol. The number of benzene rings is 2. The Bertz CT molecular complexity index is 1020. The highest BCUT2D eigenvalue weighted by Crippen LogP contribution is 2.20. The fourth-order valence-electron chi connectivity index (χ4n) is 2.27. The molecule has 0 bridgehead atoms. The van der Waals surface area contributed by atoms with Gasteiger partial charge in [0.1, 0.15) is 0 Å². The fraction of sp³-hybridized carbons (Fsp3) is 0.200. The van der Waals surface area contributed by atoms with Crippen LogP contribution in [0.2, 0.25) is 5.02 Å². The first-order valence-corrected chi connectivity index (χ1v) is 10.5. The summed E-state index contributed by atoms with van der Waals surface area (Å²) in [6.07, 6.45) is 0.346. The third kappa shape index (κ3) is 6.15. The van der Waals surface area contributed by atoms with Crippen LogP contribution in [0.4, 0.5) is 5.69 Å². The number of carbonyl (C=O) groups excluding carboxylic acids is 2. The second kappa shape index (κ2) is 9.69. The molecule has 0 aliphatic heterocycles. The molecule has 1 atom stereocenters. The topological polar surface area (TPSA) is 102 Å². The Morgan fingerprint density at radius 1 is 1.21 bits per heavy atom. The number of halogens is 1. The molecule has 0 aliphatic rings. The fourth-order valence-corrected chi connectivity index (χ4v) is 3.44. The first-order chi connectivity index (χ1) is 13.6. The number of carbonyl (C=O) groups is 2. The van der Waals surface area contributed by atoms with Gasteiger partial charge in [-0.25, -0.2) is 17.9 Å². The van der Waals surface area contributed by atoms with E-state index in [2.05, 4.69) is 16.6 Å². The molecule has 0 saturated heterocycles. The Morgan fingerprint density at radius 2 is 1.86 bits per heavy atom. The Hall–Kier alpha value is -2.68. The molecule has 29 heavy (non-hydrogen) atoms. The molecule has 2 aromatic rings. The highest BCUT2D eigenvalue weighted by molar-refractivity contribution is 7.89. The predicted molar refractivity (Wildman–Crippen MR) is 112 cm³/mol. The van der Waals surface area contributed by atoms with Crippen LogP contribution >= 0.6 is 11.6 Å². The van der Waals surface area contributed by atoms with Gasteiger partial charge in [-0.15, -0.1) is 6.58 Å². The third-order valence-electron chi connectivity index (χ3n) is 3.93. The van der Waals surface area contributed by atoms with Gasteiger partial charge in [-0.2, -0.15) is 0 Å². The highest BCUT2D eigenvalue weighted by Gasteiger charge is 2.20. The molecule has 0 aromatic heterocycles. The van der Waals surface area contributed by atoms with Gasteiger partial charge in [-0.1, -0.05) is 23.7 Å². The molecule has 2 N–H and O–H groups in total. The van der Waals surface area contributed by atoms with Crippen molar-refractivity contribution in [3.8, 4) is 0 Å². The summed E-state index contributed by atoms with van der Waals surface area (Å²) >= 11 is 5.93. The summed E-state index contributed by atoms with van der Waals surface area (Å²) in [5, 5.41) is 3.13. The molecule has 2 rings (SSSR count). The first kappa shape index (κ1) is 22.6. The molecule has 9 heteroatoms. The molecular formula is C20H21ClN2O5S. The van der Waals surface area contributed by atoms with Crippen molar-refractivity contribution in [2.75, 3.05) is 11.9 Å². The van der Waals surface area contributed by atoms with Crippen LogP contribution in [0.1, 0.15) is 22.8 Å². The van der Waals surface area contributed by atoms with Crippen LogP contribution in [0, 0.1) is 6.92 Å². The lowest BCUT2D eigenvalue weighted by molar-refractivity contribution is -0.123. The summed E-state index contributed by atoms with van der Waals surface area (Å²) in [7, 11) is -3.69. The number of esters is 1. The van der Waals surface area contributed by atoms with Gasteiger partial charge in [0.25, 0.3) is 5.91 Å². The van der Waals surface area contributed by atoms with E-state index in [9.17, 15) is 18.0 Å². The lowest BCUT2D eigenvalue weighted by Gasteiger charge is -2.15. The SMILES string of the molecule is C=CCNS(=O)(=O)c1ccc(C(=O)OC(C)C(=O)Nc2cc(Cl)ccc2C)cc1. The Kier molecular flexibility index (Phi) is 7.55. The molecular weight excluding hydrogens is 416 g/mol. The number of amides is 1. The Balaban J connectivity index is 2.02. The number of rotatable bonds is 8. The smallest absolute Gasteiger partial charge is 0.338 e. The van der Waals surface area contributed by atoms with Crippen LogP contribution < -0.4 is 10.0 Å². The van der Waals surface area contributed by atoms with Crippen LogP contribution in [-0.2, 0) is 19.6 Å². The van der Waals surface area contributed by atoms with Gasteiger partial charge in [0.05, 0.1) is 10.5 Å². The van der Waals surface area contributed by atoms with Crippen LogP contribution in [0.25, 0.3) is 0 Å². The van der Waals surface area contributed by atoms with E-state index in [4.69, 9.17) is 16.3 Å². The summed E-state index contributed by atoms with van der Waals surface area (Å²) in [6, 6.07) is 10.3. The number of sulfonamides is 1. The molecule has 0 radical (unpaired) electrons. The maximum Gasteiger partial charge on any atom is 0.338 e. The van der Waals surface area contributed by atoms with E-state index in [1.165, 1.54) is 37.3 Å². The van der Waals surface area contributed by atoms with Crippen molar-refractivity contribution in [2.45, 2.75) is 24.8 Å². The molecule has 0 heterocycles. The molecule has 0 spiro atoms. The summed E-state index contributed by atoms with van der Waals surface area (Å²) < 4.78 is 31.6. The number of nitrogens with one attached hydrogen (secondary N) is 2. The van der Waals surface area contributed by atoms with E-state index >= 15 is 0 Å². The number of hydrogen-bond acceptors (Lipinski definition) is 5. The lowest BCUT2D eigenvalue weighted by atomic mass is 10.2. The molecule has 0 saturated carbocycles. The maximum absolute atomic E-state index is 12.3. The van der Waals surface area contributed by atoms with Gasteiger partial charge in [-0.05, 0) is 55.8 Å². The van der Waals surface area contributed by atoms with Crippen molar-refractivity contribution in [3.63, 3.8) is 0 Å². The van der Waals surface area contributed by atoms with Crippen molar-refractivity contribution in [1.82, 2.24) is 4.72 Å².